The molecule has 13 heteroatoms. The molecule has 0 aliphatic carbocycles. The Morgan fingerprint density at radius 3 is 2.47 bits per heavy atom. The van der Waals surface area contributed by atoms with E-state index in [1.54, 1.807) is 0 Å². The van der Waals surface area contributed by atoms with Crippen molar-refractivity contribution in [1.82, 2.24) is 5.32 Å². The van der Waals surface area contributed by atoms with Crippen LogP contribution in [0.2, 0.25) is 0 Å². The van der Waals surface area contributed by atoms with Gasteiger partial charge in [-0.3, -0.25) is 10.2 Å². The molecule has 0 radical (unpaired) electrons. The largest absolute Gasteiger partial charge is 0.505 e. The van der Waals surface area contributed by atoms with Gasteiger partial charge in [-0.15, -0.1) is 0 Å². The van der Waals surface area contributed by atoms with E-state index in [4.69, 9.17) is 15.6 Å². The van der Waals surface area contributed by atoms with Gasteiger partial charge in [0, 0.05) is 12.6 Å². The van der Waals surface area contributed by atoms with E-state index >= 15 is 0 Å². The number of rotatable bonds is 8. The van der Waals surface area contributed by atoms with Gasteiger partial charge in [0.05, 0.1) is 11.6 Å². The Balaban J connectivity index is 1.95. The number of hydrogen-bond donors (Lipinski definition) is 10. The first-order valence-electron chi connectivity index (χ1n) is 9.96. The molecule has 1 aliphatic rings. The number of fused-ring (bicyclic) bond motifs is 1. The number of aliphatic hydroxyl groups is 1. The summed E-state index contributed by atoms with van der Waals surface area (Å²) >= 11 is 0. The number of carbonyl (C=O) groups is 2. The summed E-state index contributed by atoms with van der Waals surface area (Å²) in [4.78, 5) is 24.5. The van der Waals surface area contributed by atoms with Gasteiger partial charge < -0.3 is 47.0 Å². The predicted molar refractivity (Wildman–Crippen MR) is 118 cm³/mol. The molecule has 2 aromatic carbocycles. The highest BCUT2D eigenvalue weighted by Gasteiger charge is 2.45. The normalized spacial score (nSPS) is 15.7. The third-order valence-electron chi connectivity index (χ3n) is 5.07. The fourth-order valence-corrected chi connectivity index (χ4v) is 3.38. The molecule has 1 heterocycles. The van der Waals surface area contributed by atoms with Crippen molar-refractivity contribution in [3.8, 4) is 28.7 Å². The van der Waals surface area contributed by atoms with Crippen LogP contribution in [0.3, 0.4) is 0 Å². The number of nitrogens with two attached hydrogens (primary N) is 1. The van der Waals surface area contributed by atoms with Gasteiger partial charge in [0.15, 0.2) is 34.5 Å². The summed E-state index contributed by atoms with van der Waals surface area (Å²) in [5.41, 5.74) is 4.30. The van der Waals surface area contributed by atoms with Gasteiger partial charge in [-0.2, -0.15) is 0 Å². The summed E-state index contributed by atoms with van der Waals surface area (Å²) in [5, 5.41) is 72.2. The van der Waals surface area contributed by atoms with E-state index in [-0.39, 0.29) is 42.4 Å². The van der Waals surface area contributed by atoms with E-state index in [0.717, 1.165) is 18.2 Å². The number of phenols is 4. The van der Waals surface area contributed by atoms with Crippen LogP contribution in [0.4, 0.5) is 5.69 Å². The van der Waals surface area contributed by atoms with Crippen molar-refractivity contribution in [1.29, 1.82) is 5.41 Å². The molecule has 0 fully saturated rings. The lowest BCUT2D eigenvalue weighted by atomic mass is 9.94. The third-order valence-corrected chi connectivity index (χ3v) is 5.07. The van der Waals surface area contributed by atoms with E-state index in [0.29, 0.717) is 0 Å². The van der Waals surface area contributed by atoms with E-state index < -0.39 is 58.1 Å². The molecule has 0 amide bonds. The van der Waals surface area contributed by atoms with Crippen molar-refractivity contribution in [2.45, 2.75) is 25.0 Å². The van der Waals surface area contributed by atoms with Crippen LogP contribution in [0.5, 0.6) is 28.7 Å². The number of benzene rings is 2. The summed E-state index contributed by atoms with van der Waals surface area (Å²) in [7, 11) is 0. The number of aromatic hydroxyl groups is 4. The summed E-state index contributed by atoms with van der Waals surface area (Å²) in [5.74, 6) is -5.60. The fourth-order valence-electron chi connectivity index (χ4n) is 3.38. The summed E-state index contributed by atoms with van der Waals surface area (Å²) in [6.45, 7) is 0.215. The number of nitrogens with one attached hydrogen (secondary N) is 3. The molecule has 180 valence electrons. The molecule has 0 spiro atoms. The Kier molecular flexibility index (Phi) is 6.77. The standard InChI is InChI=1S/C21H22N4O9/c22-21(23)24-5-1-2-9(20(32)33)25-15-12(28)7-13-14(16(15)29)17(30)18(31)19(34-13)8-3-4-10(26)11(27)6-8/h3-4,6-7,9,18,25,31H,1-2,5H2,(H8-,22,23,24,26,27,28,29,30,32,33)/p+1/t9-,18?/m0/s1. The lowest BCUT2D eigenvalue weighted by molar-refractivity contribution is -0.176. The first-order valence-corrected chi connectivity index (χ1v) is 9.96. The van der Waals surface area contributed by atoms with Crippen LogP contribution in [0.1, 0.15) is 33.2 Å². The highest BCUT2D eigenvalue weighted by Crippen LogP contribution is 2.46. The molecule has 1 unspecified atom stereocenters. The van der Waals surface area contributed by atoms with Crippen LogP contribution in [-0.4, -0.2) is 72.8 Å². The zero-order valence-corrected chi connectivity index (χ0v) is 17.6. The van der Waals surface area contributed by atoms with Crippen molar-refractivity contribution >= 4 is 29.2 Å². The van der Waals surface area contributed by atoms with Gasteiger partial charge in [0.25, 0.3) is 0 Å². The smallest absolute Gasteiger partial charge is 0.373 e. The number of aliphatic carboxylic acids is 1. The minimum Gasteiger partial charge on any atom is -0.505 e. The van der Waals surface area contributed by atoms with Crippen molar-refractivity contribution in [2.24, 2.45) is 5.73 Å². The lowest BCUT2D eigenvalue weighted by Gasteiger charge is -2.19. The lowest BCUT2D eigenvalue weighted by Crippen LogP contribution is -2.34. The quantitative estimate of drug-likeness (QED) is 0.0622. The van der Waals surface area contributed by atoms with Gasteiger partial charge >= 0.3 is 17.5 Å². The van der Waals surface area contributed by atoms with Crippen molar-refractivity contribution in [2.75, 3.05) is 11.9 Å². The van der Waals surface area contributed by atoms with Crippen molar-refractivity contribution < 1.29 is 44.7 Å². The molecule has 13 nitrogen and oxygen atoms in total. The molecule has 2 atom stereocenters. The Hall–Kier alpha value is -4.52. The van der Waals surface area contributed by atoms with Gasteiger partial charge in [0.2, 0.25) is 11.9 Å². The Bertz CT molecular complexity index is 1200. The molecule has 1 aliphatic heterocycles. The van der Waals surface area contributed by atoms with Crippen LogP contribution < -0.4 is 16.4 Å². The number of carboxylic acid groups (broad SMARTS) is 1. The highest BCUT2D eigenvalue weighted by atomic mass is 16.4. The summed E-state index contributed by atoms with van der Waals surface area (Å²) in [6.07, 6.45) is -1.61. The molecule has 0 aromatic heterocycles. The summed E-state index contributed by atoms with van der Waals surface area (Å²) in [6, 6.07) is 3.14. The molecule has 0 saturated heterocycles. The maximum atomic E-state index is 12.8. The Morgan fingerprint density at radius 2 is 1.85 bits per heavy atom. The van der Waals surface area contributed by atoms with E-state index in [9.17, 15) is 40.2 Å². The maximum absolute atomic E-state index is 12.8. The first kappa shape index (κ1) is 24.1. The van der Waals surface area contributed by atoms with Gasteiger partial charge in [-0.25, -0.2) is 9.22 Å². The fraction of sp³-hybridized carbons (Fsp3) is 0.238. The van der Waals surface area contributed by atoms with Crippen LogP contribution in [0.25, 0.3) is 0 Å². The van der Waals surface area contributed by atoms with Gasteiger partial charge in [0.1, 0.15) is 11.7 Å². The second kappa shape index (κ2) is 9.54. The Morgan fingerprint density at radius 1 is 1.15 bits per heavy atom. The molecular formula is C21H23N4O9+. The first-order chi connectivity index (χ1) is 16.0. The molecule has 0 saturated carbocycles. The Labute approximate surface area is 191 Å². The zero-order valence-electron chi connectivity index (χ0n) is 17.6. The third kappa shape index (κ3) is 4.78. The number of ketones is 2. The number of aliphatic hydroxyl groups excluding tert-OH is 1. The number of carbonyl (C=O) groups excluding carboxylic acids is 2. The minimum absolute atomic E-state index is 0.0148. The zero-order chi connectivity index (χ0) is 25.2. The number of hydrogen-bond acceptors (Lipinski definition) is 9. The number of phenolic OH excluding ortho intramolecular Hbond substituents is 4. The highest BCUT2D eigenvalue weighted by molar-refractivity contribution is 6.22. The van der Waals surface area contributed by atoms with E-state index in [2.05, 4.69) is 10.6 Å². The predicted octanol–water partition coefficient (Wildman–Crippen LogP) is 0.326. The van der Waals surface area contributed by atoms with Crippen LogP contribution in [-0.2, 0) is 4.79 Å². The van der Waals surface area contributed by atoms with Gasteiger partial charge in [-0.1, -0.05) is 0 Å². The number of carboxylic acids is 1. The number of Topliss-reactive ketones (excluding diaryl/α,β-unsaturated/α-hetero) is 1. The number of guanidine groups is 1. The topological polar surface area (TPSA) is 241 Å². The van der Waals surface area contributed by atoms with Crippen molar-refractivity contribution in [3.05, 3.63) is 35.4 Å². The van der Waals surface area contributed by atoms with Crippen LogP contribution in [0.15, 0.2) is 24.3 Å². The van der Waals surface area contributed by atoms with E-state index in [1.807, 2.05) is 0 Å². The maximum Gasteiger partial charge on any atom is 0.373 e. The van der Waals surface area contributed by atoms with Crippen LogP contribution >= 0.6 is 0 Å². The molecule has 3 rings (SSSR count). The molecule has 0 bridgehead atoms. The van der Waals surface area contributed by atoms with Gasteiger partial charge in [-0.05, 0) is 25.0 Å². The van der Waals surface area contributed by atoms with E-state index in [1.165, 1.54) is 6.07 Å². The molecule has 2 aromatic rings. The minimum atomic E-state index is -1.90. The second-order valence-corrected chi connectivity index (χ2v) is 7.45. The monoisotopic (exact) mass is 475 g/mol. The number of anilines is 1. The van der Waals surface area contributed by atoms with Crippen LogP contribution in [0, 0.1) is 5.41 Å². The average molecular weight is 475 g/mol. The van der Waals surface area contributed by atoms with Crippen molar-refractivity contribution in [3.63, 3.8) is 0 Å². The second-order valence-electron chi connectivity index (χ2n) is 7.45. The summed E-state index contributed by atoms with van der Waals surface area (Å²) < 4.78 is 5.52. The SMILES string of the molecule is N=C(N)NCCC[C@H](Nc1c(O)cc2c(c1O)C(=O)C(O)C(c1ccc(O)c(O)c1)=[O+]2)C(=O)O. The molecule has 34 heavy (non-hydrogen) atoms. The average Bonchev–Trinajstić information content (AvgIpc) is 2.76. The molecule has 11 N–H and O–H groups in total. The molecular weight excluding hydrogens is 452 g/mol.